The number of fused-ring (bicyclic) bond motifs is 1. The van der Waals surface area contributed by atoms with Gasteiger partial charge in [0.2, 0.25) is 10.0 Å². The lowest BCUT2D eigenvalue weighted by Gasteiger charge is -2.28. The molecule has 1 aliphatic rings. The number of benzene rings is 3. The Bertz CT molecular complexity index is 1320. The quantitative estimate of drug-likeness (QED) is 0.431. The van der Waals surface area contributed by atoms with Crippen LogP contribution in [0.15, 0.2) is 71.6 Å². The SMILES string of the molecule is CC(=O)Oc1ccccc1C(=O)Nc1ccc2c(c1)CN(S(=O)(=O)c1ccc(Cl)cc1)CC2. The van der Waals surface area contributed by atoms with E-state index < -0.39 is 21.9 Å². The van der Waals surface area contributed by atoms with Crippen molar-refractivity contribution in [2.24, 2.45) is 0 Å². The largest absolute Gasteiger partial charge is 0.426 e. The fraction of sp³-hybridized carbons (Fsp3) is 0.167. The molecule has 170 valence electrons. The van der Waals surface area contributed by atoms with Gasteiger partial charge in [-0.15, -0.1) is 0 Å². The smallest absolute Gasteiger partial charge is 0.308 e. The molecule has 1 amide bonds. The van der Waals surface area contributed by atoms with Gasteiger partial charge in [-0.1, -0.05) is 29.8 Å². The van der Waals surface area contributed by atoms with Crippen LogP contribution in [0.25, 0.3) is 0 Å². The Balaban J connectivity index is 1.54. The molecule has 3 aromatic carbocycles. The maximum Gasteiger partial charge on any atom is 0.308 e. The number of carbonyl (C=O) groups excluding carboxylic acids is 2. The average Bonchev–Trinajstić information content (AvgIpc) is 2.79. The molecule has 0 atom stereocenters. The number of ether oxygens (including phenoxy) is 1. The summed E-state index contributed by atoms with van der Waals surface area (Å²) in [4.78, 5) is 24.3. The predicted molar refractivity (Wildman–Crippen MR) is 125 cm³/mol. The molecule has 0 spiro atoms. The van der Waals surface area contributed by atoms with Gasteiger partial charge < -0.3 is 10.1 Å². The molecule has 0 radical (unpaired) electrons. The number of hydrogen-bond donors (Lipinski definition) is 1. The van der Waals surface area contributed by atoms with Crippen LogP contribution in [0.2, 0.25) is 5.02 Å². The molecule has 1 N–H and O–H groups in total. The Kier molecular flexibility index (Phi) is 6.51. The van der Waals surface area contributed by atoms with Crippen LogP contribution in [0.4, 0.5) is 5.69 Å². The van der Waals surface area contributed by atoms with E-state index in [-0.39, 0.29) is 22.8 Å². The molecule has 0 bridgehead atoms. The molecular weight excluding hydrogens is 464 g/mol. The minimum absolute atomic E-state index is 0.167. The van der Waals surface area contributed by atoms with Gasteiger partial charge in [-0.05, 0) is 66.1 Å². The second-order valence-electron chi connectivity index (χ2n) is 7.57. The third kappa shape index (κ3) is 5.08. The number of hydrogen-bond acceptors (Lipinski definition) is 5. The first-order valence-corrected chi connectivity index (χ1v) is 12.0. The lowest BCUT2D eigenvalue weighted by atomic mass is 10.0. The van der Waals surface area contributed by atoms with Crippen LogP contribution in [-0.4, -0.2) is 31.1 Å². The third-order valence-electron chi connectivity index (χ3n) is 5.28. The van der Waals surface area contributed by atoms with Gasteiger partial charge in [-0.2, -0.15) is 4.31 Å². The molecule has 1 heterocycles. The number of esters is 1. The van der Waals surface area contributed by atoms with E-state index in [0.717, 1.165) is 11.1 Å². The minimum Gasteiger partial charge on any atom is -0.426 e. The van der Waals surface area contributed by atoms with Crippen molar-refractivity contribution in [3.05, 3.63) is 88.4 Å². The van der Waals surface area contributed by atoms with Crippen molar-refractivity contribution in [2.75, 3.05) is 11.9 Å². The van der Waals surface area contributed by atoms with Crippen molar-refractivity contribution >= 4 is 39.2 Å². The van der Waals surface area contributed by atoms with Gasteiger partial charge in [-0.25, -0.2) is 8.42 Å². The summed E-state index contributed by atoms with van der Waals surface area (Å²) in [5, 5.41) is 3.27. The number of nitrogens with zero attached hydrogens (tertiary/aromatic N) is 1. The highest BCUT2D eigenvalue weighted by Crippen LogP contribution is 2.28. The Hall–Kier alpha value is -3.20. The zero-order valence-corrected chi connectivity index (χ0v) is 19.3. The van der Waals surface area contributed by atoms with Gasteiger partial charge in [0.15, 0.2) is 0 Å². The maximum absolute atomic E-state index is 13.1. The molecule has 0 fully saturated rings. The van der Waals surface area contributed by atoms with E-state index in [1.165, 1.54) is 23.4 Å². The Morgan fingerprint density at radius 1 is 1.00 bits per heavy atom. The number of amides is 1. The highest BCUT2D eigenvalue weighted by atomic mass is 35.5. The van der Waals surface area contributed by atoms with Gasteiger partial charge in [-0.3, -0.25) is 9.59 Å². The van der Waals surface area contributed by atoms with Crippen LogP contribution < -0.4 is 10.1 Å². The summed E-state index contributed by atoms with van der Waals surface area (Å²) in [6, 6.07) is 18.0. The van der Waals surface area contributed by atoms with E-state index >= 15 is 0 Å². The van der Waals surface area contributed by atoms with E-state index in [2.05, 4.69) is 5.32 Å². The fourth-order valence-electron chi connectivity index (χ4n) is 3.67. The Morgan fingerprint density at radius 3 is 2.45 bits per heavy atom. The Labute approximate surface area is 197 Å². The van der Waals surface area contributed by atoms with E-state index in [0.29, 0.717) is 23.7 Å². The van der Waals surface area contributed by atoms with Gasteiger partial charge in [0, 0.05) is 30.7 Å². The van der Waals surface area contributed by atoms with Crippen molar-refractivity contribution in [3.8, 4) is 5.75 Å². The molecule has 0 aromatic heterocycles. The van der Waals surface area contributed by atoms with Crippen molar-refractivity contribution in [1.29, 1.82) is 0 Å². The number of halogens is 1. The van der Waals surface area contributed by atoms with Crippen molar-refractivity contribution < 1.29 is 22.7 Å². The second-order valence-corrected chi connectivity index (χ2v) is 9.94. The second kappa shape index (κ2) is 9.35. The molecule has 7 nitrogen and oxygen atoms in total. The van der Waals surface area contributed by atoms with Crippen LogP contribution >= 0.6 is 11.6 Å². The summed E-state index contributed by atoms with van der Waals surface area (Å²) in [5.41, 5.74) is 2.57. The molecule has 4 rings (SSSR count). The number of sulfonamides is 1. The predicted octanol–water partition coefficient (Wildman–Crippen LogP) is 4.26. The number of para-hydroxylation sites is 1. The lowest BCUT2D eigenvalue weighted by molar-refractivity contribution is -0.131. The van der Waals surface area contributed by atoms with E-state index in [9.17, 15) is 18.0 Å². The molecule has 0 unspecified atom stereocenters. The number of anilines is 1. The maximum atomic E-state index is 13.1. The number of carbonyl (C=O) groups is 2. The molecule has 0 saturated carbocycles. The van der Waals surface area contributed by atoms with E-state index in [1.807, 2.05) is 6.07 Å². The third-order valence-corrected chi connectivity index (χ3v) is 7.39. The molecule has 9 heteroatoms. The van der Waals surface area contributed by atoms with Crippen LogP contribution in [0.5, 0.6) is 5.75 Å². The van der Waals surface area contributed by atoms with Gasteiger partial charge >= 0.3 is 5.97 Å². The molecule has 0 aliphatic carbocycles. The highest BCUT2D eigenvalue weighted by molar-refractivity contribution is 7.89. The molecule has 0 saturated heterocycles. The summed E-state index contributed by atoms with van der Waals surface area (Å²) in [7, 11) is -3.68. The van der Waals surface area contributed by atoms with Crippen molar-refractivity contribution in [1.82, 2.24) is 4.31 Å². The van der Waals surface area contributed by atoms with Gasteiger partial charge in [0.1, 0.15) is 5.75 Å². The number of rotatable bonds is 5. The first-order chi connectivity index (χ1) is 15.7. The molecule has 3 aromatic rings. The zero-order valence-electron chi connectivity index (χ0n) is 17.7. The number of nitrogens with one attached hydrogen (secondary N) is 1. The zero-order chi connectivity index (χ0) is 23.6. The normalized spacial score (nSPS) is 13.8. The first-order valence-electron chi connectivity index (χ1n) is 10.2. The van der Waals surface area contributed by atoms with Crippen LogP contribution in [-0.2, 0) is 27.8 Å². The summed E-state index contributed by atoms with van der Waals surface area (Å²) in [6.45, 7) is 1.81. The first kappa shape index (κ1) is 23.0. The highest BCUT2D eigenvalue weighted by Gasteiger charge is 2.28. The van der Waals surface area contributed by atoms with Crippen LogP contribution in [0.3, 0.4) is 0 Å². The average molecular weight is 485 g/mol. The Morgan fingerprint density at radius 2 is 1.73 bits per heavy atom. The van der Waals surface area contributed by atoms with Crippen molar-refractivity contribution in [3.63, 3.8) is 0 Å². The van der Waals surface area contributed by atoms with Crippen LogP contribution in [0, 0.1) is 0 Å². The summed E-state index contributed by atoms with van der Waals surface area (Å²) < 4.78 is 32.6. The monoisotopic (exact) mass is 484 g/mol. The molecular formula is C24H21ClN2O5S. The van der Waals surface area contributed by atoms with Crippen molar-refractivity contribution in [2.45, 2.75) is 24.8 Å². The van der Waals surface area contributed by atoms with Crippen LogP contribution in [0.1, 0.15) is 28.4 Å². The standard InChI is InChI=1S/C24H21ClN2O5S/c1-16(28)32-23-5-3-2-4-22(23)24(29)26-20-9-6-17-12-13-27(15-18(17)14-20)33(30,31)21-10-7-19(25)8-11-21/h2-11,14H,12-13,15H2,1H3,(H,26,29). The summed E-state index contributed by atoms with van der Waals surface area (Å²) >= 11 is 5.88. The minimum atomic E-state index is -3.68. The van der Waals surface area contributed by atoms with Gasteiger partial charge in [0.05, 0.1) is 10.5 Å². The topological polar surface area (TPSA) is 92.8 Å². The molecule has 1 aliphatic heterocycles. The molecule has 33 heavy (non-hydrogen) atoms. The van der Waals surface area contributed by atoms with E-state index in [4.69, 9.17) is 16.3 Å². The fourth-order valence-corrected chi connectivity index (χ4v) is 5.21. The summed E-state index contributed by atoms with van der Waals surface area (Å²) in [5.74, 6) is -0.792. The van der Waals surface area contributed by atoms with Gasteiger partial charge in [0.25, 0.3) is 5.91 Å². The summed E-state index contributed by atoms with van der Waals surface area (Å²) in [6.07, 6.45) is 0.561. The van der Waals surface area contributed by atoms with E-state index in [1.54, 1.807) is 48.5 Å². The lowest BCUT2D eigenvalue weighted by Crippen LogP contribution is -2.36.